The van der Waals surface area contributed by atoms with Crippen LogP contribution in [-0.2, 0) is 37.3 Å². The maximum Gasteiger partial charge on any atom is 0.270 e. The third-order valence-electron chi connectivity index (χ3n) is 5.11. The van der Waals surface area contributed by atoms with Crippen molar-refractivity contribution in [2.45, 2.75) is 39.4 Å². The van der Waals surface area contributed by atoms with Crippen LogP contribution in [0, 0.1) is 12.7 Å². The number of carbonyl (C=O) groups excluding carboxylic acids is 1. The first-order chi connectivity index (χ1) is 14.9. The lowest BCUT2D eigenvalue weighted by atomic mass is 10.1. The fourth-order valence-electron chi connectivity index (χ4n) is 3.29. The summed E-state index contributed by atoms with van der Waals surface area (Å²) in [5.74, 6) is -0.616. The molecule has 0 aliphatic carbocycles. The van der Waals surface area contributed by atoms with Gasteiger partial charge in [-0.2, -0.15) is 5.10 Å². The quantitative estimate of drug-likeness (QED) is 0.561. The molecule has 162 valence electrons. The van der Waals surface area contributed by atoms with Gasteiger partial charge in [0.25, 0.3) is 5.56 Å². The van der Waals surface area contributed by atoms with Crippen LogP contribution < -0.4 is 16.6 Å². The molecule has 3 N–H and O–H groups in total. The molecular formula is C23H24ClFN4O2. The molecule has 3 aromatic rings. The summed E-state index contributed by atoms with van der Waals surface area (Å²) in [6.07, 6.45) is 1.80. The van der Waals surface area contributed by atoms with Crippen molar-refractivity contribution >= 4 is 17.5 Å². The van der Waals surface area contributed by atoms with E-state index in [2.05, 4.69) is 10.4 Å². The van der Waals surface area contributed by atoms with Crippen molar-refractivity contribution in [3.8, 4) is 0 Å². The van der Waals surface area contributed by atoms with Crippen molar-refractivity contribution in [3.63, 3.8) is 0 Å². The van der Waals surface area contributed by atoms with Crippen molar-refractivity contribution in [1.82, 2.24) is 15.1 Å². The number of carbonyl (C=O) groups is 1. The maximum absolute atomic E-state index is 13.8. The minimum Gasteiger partial charge on any atom is -0.352 e. The van der Waals surface area contributed by atoms with Crippen LogP contribution in [-0.4, -0.2) is 15.7 Å². The van der Waals surface area contributed by atoms with E-state index in [0.29, 0.717) is 34.7 Å². The van der Waals surface area contributed by atoms with Gasteiger partial charge in [-0.25, -0.2) is 9.07 Å². The molecule has 0 saturated carbocycles. The van der Waals surface area contributed by atoms with E-state index in [9.17, 15) is 14.0 Å². The Labute approximate surface area is 184 Å². The van der Waals surface area contributed by atoms with Crippen molar-refractivity contribution < 1.29 is 9.18 Å². The number of halogens is 2. The topological polar surface area (TPSA) is 90.0 Å². The van der Waals surface area contributed by atoms with Gasteiger partial charge in [-0.3, -0.25) is 9.59 Å². The molecule has 0 aliphatic heterocycles. The normalized spacial score (nSPS) is 10.8. The predicted octanol–water partition coefficient (Wildman–Crippen LogP) is 2.90. The molecule has 0 spiro atoms. The highest BCUT2D eigenvalue weighted by Crippen LogP contribution is 2.16. The van der Waals surface area contributed by atoms with Crippen LogP contribution in [0.25, 0.3) is 0 Å². The molecule has 0 aliphatic rings. The Balaban J connectivity index is 1.69. The van der Waals surface area contributed by atoms with Gasteiger partial charge in [0, 0.05) is 30.2 Å². The van der Waals surface area contributed by atoms with Crippen LogP contribution in [0.2, 0.25) is 5.02 Å². The maximum atomic E-state index is 13.8. The van der Waals surface area contributed by atoms with Gasteiger partial charge in [-0.15, -0.1) is 0 Å². The number of hydrogen-bond acceptors (Lipinski definition) is 4. The van der Waals surface area contributed by atoms with Gasteiger partial charge >= 0.3 is 0 Å². The highest BCUT2D eigenvalue weighted by molar-refractivity contribution is 6.30. The molecule has 3 rings (SSSR count). The number of rotatable bonds is 8. The number of amides is 1. The molecule has 0 bridgehead atoms. The van der Waals surface area contributed by atoms with E-state index in [1.807, 2.05) is 6.07 Å². The summed E-state index contributed by atoms with van der Waals surface area (Å²) in [4.78, 5) is 25.4. The third kappa shape index (κ3) is 5.77. The van der Waals surface area contributed by atoms with Crippen molar-refractivity contribution in [2.24, 2.45) is 5.73 Å². The smallest absolute Gasteiger partial charge is 0.270 e. The Morgan fingerprint density at radius 1 is 1.19 bits per heavy atom. The Morgan fingerprint density at radius 2 is 1.97 bits per heavy atom. The van der Waals surface area contributed by atoms with Crippen LogP contribution in [0.3, 0.4) is 0 Å². The summed E-state index contributed by atoms with van der Waals surface area (Å²) in [6, 6.07) is 11.8. The summed E-state index contributed by atoms with van der Waals surface area (Å²) >= 11 is 6.03. The first-order valence-corrected chi connectivity index (χ1v) is 10.3. The molecule has 8 heteroatoms. The second-order valence-electron chi connectivity index (χ2n) is 7.25. The molecule has 0 atom stereocenters. The lowest BCUT2D eigenvalue weighted by Crippen LogP contribution is -2.32. The Hall–Kier alpha value is -3.03. The molecule has 1 amide bonds. The number of benzene rings is 2. The molecular weight excluding hydrogens is 419 g/mol. The van der Waals surface area contributed by atoms with Crippen LogP contribution in [0.15, 0.2) is 53.5 Å². The second kappa shape index (κ2) is 10.3. The fraction of sp³-hybridized carbons (Fsp3) is 0.261. The summed E-state index contributed by atoms with van der Waals surface area (Å²) in [5, 5.41) is 7.51. The summed E-state index contributed by atoms with van der Waals surface area (Å²) in [7, 11) is 0. The Morgan fingerprint density at radius 3 is 2.71 bits per heavy atom. The van der Waals surface area contributed by atoms with E-state index in [-0.39, 0.29) is 36.8 Å². The molecule has 1 aromatic heterocycles. The molecule has 2 aromatic carbocycles. The molecule has 0 fully saturated rings. The van der Waals surface area contributed by atoms with E-state index in [0.717, 1.165) is 11.1 Å². The number of nitrogens with one attached hydrogen (secondary N) is 1. The van der Waals surface area contributed by atoms with Gasteiger partial charge in [-0.05, 0) is 53.8 Å². The number of nitrogens with zero attached hydrogens (tertiary/aromatic N) is 2. The molecule has 0 radical (unpaired) electrons. The van der Waals surface area contributed by atoms with Crippen LogP contribution >= 0.6 is 11.6 Å². The number of hydrogen-bond donors (Lipinski definition) is 2. The number of nitrogens with two attached hydrogens (primary N) is 1. The first-order valence-electron chi connectivity index (χ1n) is 9.92. The number of aryl methyl sites for hydroxylation is 3. The lowest BCUT2D eigenvalue weighted by molar-refractivity contribution is -0.120. The zero-order valence-electron chi connectivity index (χ0n) is 17.2. The van der Waals surface area contributed by atoms with Gasteiger partial charge in [0.2, 0.25) is 5.91 Å². The van der Waals surface area contributed by atoms with Gasteiger partial charge in [0.05, 0.1) is 12.6 Å². The van der Waals surface area contributed by atoms with Gasteiger partial charge < -0.3 is 11.1 Å². The van der Waals surface area contributed by atoms with Gasteiger partial charge in [0.15, 0.2) is 0 Å². The fourth-order valence-corrected chi connectivity index (χ4v) is 3.48. The molecule has 1 heterocycles. The van der Waals surface area contributed by atoms with Crippen molar-refractivity contribution in [3.05, 3.63) is 97.7 Å². The average Bonchev–Trinajstić information content (AvgIpc) is 2.76. The Bertz CT molecular complexity index is 1150. The zero-order chi connectivity index (χ0) is 22.4. The van der Waals surface area contributed by atoms with Crippen LogP contribution in [0.5, 0.6) is 0 Å². The summed E-state index contributed by atoms with van der Waals surface area (Å²) in [6.45, 7) is 2.55. The second-order valence-corrected chi connectivity index (χ2v) is 7.68. The Kier molecular flexibility index (Phi) is 7.55. The lowest BCUT2D eigenvalue weighted by Gasteiger charge is -2.12. The van der Waals surface area contributed by atoms with Crippen LogP contribution in [0.1, 0.15) is 27.8 Å². The highest BCUT2D eigenvalue weighted by Gasteiger charge is 2.14. The molecule has 6 nitrogen and oxygen atoms in total. The zero-order valence-corrected chi connectivity index (χ0v) is 18.0. The minimum absolute atomic E-state index is 0.0780. The monoisotopic (exact) mass is 442 g/mol. The summed E-state index contributed by atoms with van der Waals surface area (Å²) in [5.41, 5.74) is 8.61. The SMILES string of the molecule is Cc1cnn(CCc2ccccc2F)c(=O)c1CC(=O)NCc1cc(Cl)ccc1CN. The van der Waals surface area contributed by atoms with Gasteiger partial charge in [-0.1, -0.05) is 35.9 Å². The highest BCUT2D eigenvalue weighted by atomic mass is 35.5. The van der Waals surface area contributed by atoms with E-state index in [1.165, 1.54) is 10.7 Å². The largest absolute Gasteiger partial charge is 0.352 e. The van der Waals surface area contributed by atoms with E-state index in [1.54, 1.807) is 43.5 Å². The van der Waals surface area contributed by atoms with Crippen molar-refractivity contribution in [1.29, 1.82) is 0 Å². The third-order valence-corrected chi connectivity index (χ3v) is 5.35. The van der Waals surface area contributed by atoms with Gasteiger partial charge in [0.1, 0.15) is 5.82 Å². The molecule has 31 heavy (non-hydrogen) atoms. The first kappa shape index (κ1) is 22.7. The van der Waals surface area contributed by atoms with Crippen LogP contribution in [0.4, 0.5) is 4.39 Å². The number of aromatic nitrogens is 2. The molecule has 0 saturated heterocycles. The predicted molar refractivity (Wildman–Crippen MR) is 118 cm³/mol. The standard InChI is InChI=1S/C23H24ClFN4O2/c1-15-13-28-29(9-8-16-4-2-3-5-21(16)25)23(31)20(15)11-22(30)27-14-18-10-19(24)7-6-17(18)12-26/h2-7,10,13H,8-9,11-12,14,26H2,1H3,(H,27,30). The van der Waals surface area contributed by atoms with E-state index in [4.69, 9.17) is 17.3 Å². The van der Waals surface area contributed by atoms with E-state index >= 15 is 0 Å². The van der Waals surface area contributed by atoms with Crippen molar-refractivity contribution in [2.75, 3.05) is 0 Å². The van der Waals surface area contributed by atoms with E-state index < -0.39 is 0 Å². The average molecular weight is 443 g/mol. The minimum atomic E-state index is -0.350. The molecule has 0 unspecified atom stereocenters. The summed E-state index contributed by atoms with van der Waals surface area (Å²) < 4.78 is 15.1.